The highest BCUT2D eigenvalue weighted by Gasteiger charge is 2.21. The minimum Gasteiger partial charge on any atom is -0.356 e. The Hall–Kier alpha value is -1.71. The number of aromatic nitrogens is 3. The van der Waals surface area contributed by atoms with Gasteiger partial charge in [0.1, 0.15) is 12.1 Å². The van der Waals surface area contributed by atoms with Crippen molar-refractivity contribution in [2.45, 2.75) is 39.3 Å². The molecule has 0 amide bonds. The second-order valence-electron chi connectivity index (χ2n) is 6.21. The molecule has 8 heteroatoms. The van der Waals surface area contributed by atoms with E-state index in [0.29, 0.717) is 19.0 Å². The maximum Gasteiger partial charge on any atom is 0.191 e. The standard InChI is InChI=1S/C17H25FN6.HI/c1-5-24-12-22-23-15(24)10-20-16(19-4)21-11-17(2,3)13-7-6-8-14(18)9-13;/h6-9,12H,5,10-11H2,1-4H3,(H2,19,20,21);1H. The normalized spacial score (nSPS) is 11.8. The summed E-state index contributed by atoms with van der Waals surface area (Å²) in [5, 5.41) is 14.5. The summed E-state index contributed by atoms with van der Waals surface area (Å²) >= 11 is 0. The number of nitrogens with one attached hydrogen (secondary N) is 2. The Bertz CT molecular complexity index is 698. The summed E-state index contributed by atoms with van der Waals surface area (Å²) in [7, 11) is 1.72. The van der Waals surface area contributed by atoms with E-state index in [1.54, 1.807) is 25.5 Å². The maximum absolute atomic E-state index is 13.4. The van der Waals surface area contributed by atoms with Gasteiger partial charge in [-0.2, -0.15) is 0 Å². The van der Waals surface area contributed by atoms with Gasteiger partial charge in [0.05, 0.1) is 6.54 Å². The third kappa shape index (κ3) is 5.94. The van der Waals surface area contributed by atoms with Gasteiger partial charge in [0.25, 0.3) is 0 Å². The fourth-order valence-corrected chi connectivity index (χ4v) is 2.38. The van der Waals surface area contributed by atoms with Crippen LogP contribution in [0.15, 0.2) is 35.6 Å². The first-order valence-corrected chi connectivity index (χ1v) is 8.03. The van der Waals surface area contributed by atoms with Crippen molar-refractivity contribution in [1.82, 2.24) is 25.4 Å². The second-order valence-corrected chi connectivity index (χ2v) is 6.21. The molecule has 0 unspecified atom stereocenters. The SMILES string of the molecule is CCn1cnnc1CNC(=NC)NCC(C)(C)c1cccc(F)c1.I. The summed E-state index contributed by atoms with van der Waals surface area (Å²) in [5.41, 5.74) is 0.708. The monoisotopic (exact) mass is 460 g/mol. The third-order valence-electron chi connectivity index (χ3n) is 3.98. The van der Waals surface area contributed by atoms with Crippen molar-refractivity contribution in [2.24, 2.45) is 4.99 Å². The van der Waals surface area contributed by atoms with Crippen LogP contribution in [0.5, 0.6) is 0 Å². The van der Waals surface area contributed by atoms with Gasteiger partial charge in [-0.15, -0.1) is 34.2 Å². The van der Waals surface area contributed by atoms with Crippen LogP contribution in [0.2, 0.25) is 0 Å². The van der Waals surface area contributed by atoms with E-state index in [9.17, 15) is 4.39 Å². The Morgan fingerprint density at radius 3 is 2.72 bits per heavy atom. The molecule has 1 heterocycles. The van der Waals surface area contributed by atoms with Crippen molar-refractivity contribution in [1.29, 1.82) is 0 Å². The molecule has 0 atom stereocenters. The highest BCUT2D eigenvalue weighted by Crippen LogP contribution is 2.22. The van der Waals surface area contributed by atoms with Gasteiger partial charge < -0.3 is 15.2 Å². The van der Waals surface area contributed by atoms with Gasteiger partial charge in [-0.25, -0.2) is 4.39 Å². The summed E-state index contributed by atoms with van der Waals surface area (Å²) in [5.74, 6) is 1.30. The zero-order valence-electron chi connectivity index (χ0n) is 15.1. The predicted octanol–water partition coefficient (Wildman–Crippen LogP) is 2.70. The van der Waals surface area contributed by atoms with Crippen LogP contribution in [0.3, 0.4) is 0 Å². The molecule has 0 aliphatic heterocycles. The molecule has 2 rings (SSSR count). The van der Waals surface area contributed by atoms with Crippen LogP contribution in [0.4, 0.5) is 4.39 Å². The van der Waals surface area contributed by atoms with Crippen molar-refractivity contribution in [3.63, 3.8) is 0 Å². The molecular weight excluding hydrogens is 434 g/mol. The van der Waals surface area contributed by atoms with Gasteiger partial charge >= 0.3 is 0 Å². The molecule has 1 aromatic carbocycles. The first kappa shape index (κ1) is 21.3. The molecule has 1 aromatic heterocycles. The number of rotatable bonds is 6. The average Bonchev–Trinajstić information content (AvgIpc) is 3.02. The molecule has 2 aromatic rings. The third-order valence-corrected chi connectivity index (χ3v) is 3.98. The van der Waals surface area contributed by atoms with Crippen LogP contribution >= 0.6 is 24.0 Å². The quantitative estimate of drug-likeness (QED) is 0.395. The van der Waals surface area contributed by atoms with Gasteiger partial charge in [-0.1, -0.05) is 26.0 Å². The smallest absolute Gasteiger partial charge is 0.191 e. The van der Waals surface area contributed by atoms with Crippen molar-refractivity contribution in [3.8, 4) is 0 Å². The number of hydrogen-bond donors (Lipinski definition) is 2. The number of hydrogen-bond acceptors (Lipinski definition) is 3. The van der Waals surface area contributed by atoms with Crippen molar-refractivity contribution in [3.05, 3.63) is 47.8 Å². The topological polar surface area (TPSA) is 67.1 Å². The highest BCUT2D eigenvalue weighted by molar-refractivity contribution is 14.0. The Morgan fingerprint density at radius 1 is 1.32 bits per heavy atom. The molecule has 0 spiro atoms. The van der Waals surface area contributed by atoms with E-state index in [1.165, 1.54) is 6.07 Å². The van der Waals surface area contributed by atoms with Gasteiger partial charge in [0.2, 0.25) is 0 Å². The molecule has 0 fully saturated rings. The molecule has 6 nitrogen and oxygen atoms in total. The number of benzene rings is 1. The fraction of sp³-hybridized carbons (Fsp3) is 0.471. The Kier molecular flexibility index (Phi) is 8.27. The molecule has 2 N–H and O–H groups in total. The van der Waals surface area contributed by atoms with Crippen LogP contribution in [0.25, 0.3) is 0 Å². The number of aliphatic imine (C=N–C) groups is 1. The molecule has 25 heavy (non-hydrogen) atoms. The Morgan fingerprint density at radius 2 is 2.08 bits per heavy atom. The lowest BCUT2D eigenvalue weighted by Crippen LogP contribution is -2.43. The highest BCUT2D eigenvalue weighted by atomic mass is 127. The lowest BCUT2D eigenvalue weighted by atomic mass is 9.84. The van der Waals surface area contributed by atoms with Crippen LogP contribution in [0.1, 0.15) is 32.2 Å². The van der Waals surface area contributed by atoms with Gasteiger partial charge in [-0.3, -0.25) is 4.99 Å². The minimum absolute atomic E-state index is 0. The van der Waals surface area contributed by atoms with Crippen LogP contribution in [-0.2, 0) is 18.5 Å². The van der Waals surface area contributed by atoms with Crippen LogP contribution in [0, 0.1) is 5.82 Å². The summed E-state index contributed by atoms with van der Waals surface area (Å²) in [6.07, 6.45) is 1.71. The van der Waals surface area contributed by atoms with E-state index in [1.807, 2.05) is 17.6 Å². The molecular formula is C17H26FIN6. The van der Waals surface area contributed by atoms with E-state index >= 15 is 0 Å². The zero-order chi connectivity index (χ0) is 17.6. The van der Waals surface area contributed by atoms with E-state index in [2.05, 4.69) is 39.7 Å². The number of nitrogens with zero attached hydrogens (tertiary/aromatic N) is 4. The predicted molar refractivity (Wildman–Crippen MR) is 109 cm³/mol. The molecule has 0 saturated heterocycles. The maximum atomic E-state index is 13.4. The van der Waals surface area contributed by atoms with E-state index in [0.717, 1.165) is 17.9 Å². The summed E-state index contributed by atoms with van der Waals surface area (Å²) in [4.78, 5) is 4.22. The molecule has 0 aliphatic carbocycles. The van der Waals surface area contributed by atoms with E-state index in [4.69, 9.17) is 0 Å². The van der Waals surface area contributed by atoms with E-state index < -0.39 is 0 Å². The molecule has 0 radical (unpaired) electrons. The summed E-state index contributed by atoms with van der Waals surface area (Å²) in [6, 6.07) is 6.70. The Balaban J connectivity index is 0.00000312. The van der Waals surface area contributed by atoms with Gasteiger partial charge in [0.15, 0.2) is 11.8 Å². The minimum atomic E-state index is -0.233. The lowest BCUT2D eigenvalue weighted by Gasteiger charge is -2.26. The molecule has 138 valence electrons. The first-order valence-electron chi connectivity index (χ1n) is 8.03. The lowest BCUT2D eigenvalue weighted by molar-refractivity contribution is 0.502. The summed E-state index contributed by atoms with van der Waals surface area (Å²) < 4.78 is 15.4. The molecule has 0 aliphatic rings. The molecule has 0 saturated carbocycles. The number of aryl methyl sites for hydroxylation is 1. The average molecular weight is 460 g/mol. The van der Waals surface area contributed by atoms with Crippen molar-refractivity contribution >= 4 is 29.9 Å². The molecule has 0 bridgehead atoms. The number of halogens is 2. The second kappa shape index (κ2) is 9.69. The number of guanidine groups is 1. The van der Waals surface area contributed by atoms with Crippen molar-refractivity contribution in [2.75, 3.05) is 13.6 Å². The van der Waals surface area contributed by atoms with E-state index in [-0.39, 0.29) is 35.2 Å². The van der Waals surface area contributed by atoms with Crippen LogP contribution in [-0.4, -0.2) is 34.3 Å². The van der Waals surface area contributed by atoms with Gasteiger partial charge in [0, 0.05) is 25.6 Å². The van der Waals surface area contributed by atoms with Gasteiger partial charge in [-0.05, 0) is 24.6 Å². The Labute approximate surface area is 165 Å². The summed E-state index contributed by atoms with van der Waals surface area (Å²) in [6.45, 7) is 8.15. The fourth-order valence-electron chi connectivity index (χ4n) is 2.38. The van der Waals surface area contributed by atoms with Crippen LogP contribution < -0.4 is 10.6 Å². The van der Waals surface area contributed by atoms with Crippen molar-refractivity contribution < 1.29 is 4.39 Å². The zero-order valence-corrected chi connectivity index (χ0v) is 17.4. The first-order chi connectivity index (χ1) is 11.5. The largest absolute Gasteiger partial charge is 0.356 e.